The molecule has 1 radical (unpaired) electrons. The molecule has 0 aliphatic heterocycles. The zero-order chi connectivity index (χ0) is 8.81. The Hall–Kier alpha value is -0.980. The zero-order valence-corrected chi connectivity index (χ0v) is 7.49. The first-order valence-electron chi connectivity index (χ1n) is 4.30. The van der Waals surface area contributed by atoms with Crippen LogP contribution in [0.15, 0.2) is 30.3 Å². The van der Waals surface area contributed by atoms with Gasteiger partial charge < -0.3 is 4.74 Å². The van der Waals surface area contributed by atoms with Crippen LogP contribution in [0.1, 0.15) is 13.3 Å². The van der Waals surface area contributed by atoms with E-state index in [1.165, 1.54) is 0 Å². The Balaban J connectivity index is 2.25. The van der Waals surface area contributed by atoms with Crippen molar-refractivity contribution in [2.24, 2.45) is 5.92 Å². The Morgan fingerprint density at radius 3 is 2.58 bits per heavy atom. The predicted octanol–water partition coefficient (Wildman–Crippen LogP) is 2.93. The van der Waals surface area contributed by atoms with Crippen molar-refractivity contribution in [2.45, 2.75) is 13.3 Å². The number of hydrogen-bond acceptors (Lipinski definition) is 1. The molecule has 1 aromatic carbocycles. The maximum absolute atomic E-state index is 5.48. The standard InChI is InChI=1S/C11H15O/c1-10(2)8-9-12-11-6-4-3-5-7-11/h3-7,10H,1,8-9H2,2H3. The highest BCUT2D eigenvalue weighted by Crippen LogP contribution is 2.09. The molecule has 0 spiro atoms. The van der Waals surface area contributed by atoms with E-state index in [2.05, 4.69) is 13.8 Å². The monoisotopic (exact) mass is 163 g/mol. The minimum Gasteiger partial charge on any atom is -0.494 e. The average molecular weight is 163 g/mol. The van der Waals surface area contributed by atoms with Crippen molar-refractivity contribution in [1.29, 1.82) is 0 Å². The van der Waals surface area contributed by atoms with Crippen LogP contribution in [-0.2, 0) is 0 Å². The topological polar surface area (TPSA) is 9.23 Å². The van der Waals surface area contributed by atoms with Gasteiger partial charge in [-0.05, 0) is 24.5 Å². The van der Waals surface area contributed by atoms with Crippen molar-refractivity contribution in [3.63, 3.8) is 0 Å². The number of para-hydroxylation sites is 1. The Morgan fingerprint density at radius 1 is 1.33 bits per heavy atom. The van der Waals surface area contributed by atoms with E-state index in [-0.39, 0.29) is 0 Å². The van der Waals surface area contributed by atoms with Crippen molar-refractivity contribution in [3.05, 3.63) is 37.3 Å². The molecule has 0 saturated heterocycles. The molecule has 0 bridgehead atoms. The molecule has 0 amide bonds. The van der Waals surface area contributed by atoms with E-state index in [1.54, 1.807) is 0 Å². The van der Waals surface area contributed by atoms with E-state index in [4.69, 9.17) is 4.74 Å². The van der Waals surface area contributed by atoms with Crippen molar-refractivity contribution >= 4 is 0 Å². The number of rotatable bonds is 4. The van der Waals surface area contributed by atoms with Gasteiger partial charge in [-0.2, -0.15) is 0 Å². The van der Waals surface area contributed by atoms with E-state index in [0.717, 1.165) is 18.8 Å². The molecule has 0 heterocycles. The van der Waals surface area contributed by atoms with Crippen LogP contribution in [0.2, 0.25) is 0 Å². The molecule has 0 N–H and O–H groups in total. The van der Waals surface area contributed by atoms with E-state index >= 15 is 0 Å². The maximum atomic E-state index is 5.48. The molecule has 1 heteroatoms. The number of ether oxygens (including phenoxy) is 1. The highest BCUT2D eigenvalue weighted by molar-refractivity contribution is 5.20. The van der Waals surface area contributed by atoms with Crippen LogP contribution in [0, 0.1) is 12.8 Å². The van der Waals surface area contributed by atoms with Gasteiger partial charge in [0.1, 0.15) is 5.75 Å². The maximum Gasteiger partial charge on any atom is 0.119 e. The lowest BCUT2D eigenvalue weighted by Gasteiger charge is -2.06. The quantitative estimate of drug-likeness (QED) is 0.663. The Labute approximate surface area is 74.4 Å². The lowest BCUT2D eigenvalue weighted by molar-refractivity contribution is 0.295. The van der Waals surface area contributed by atoms with Gasteiger partial charge in [-0.25, -0.2) is 0 Å². The summed E-state index contributed by atoms with van der Waals surface area (Å²) in [4.78, 5) is 0. The van der Waals surface area contributed by atoms with Gasteiger partial charge in [0, 0.05) is 0 Å². The molecule has 1 nitrogen and oxygen atoms in total. The Kier molecular flexibility index (Phi) is 3.65. The van der Waals surface area contributed by atoms with Crippen molar-refractivity contribution in [3.8, 4) is 5.75 Å². The van der Waals surface area contributed by atoms with Crippen molar-refractivity contribution in [2.75, 3.05) is 6.61 Å². The van der Waals surface area contributed by atoms with Crippen molar-refractivity contribution in [1.82, 2.24) is 0 Å². The van der Waals surface area contributed by atoms with Gasteiger partial charge in [-0.15, -0.1) is 0 Å². The van der Waals surface area contributed by atoms with Gasteiger partial charge in [0.05, 0.1) is 6.61 Å². The van der Waals surface area contributed by atoms with Gasteiger partial charge >= 0.3 is 0 Å². The summed E-state index contributed by atoms with van der Waals surface area (Å²) in [6.07, 6.45) is 1.01. The minimum atomic E-state index is 0.466. The fourth-order valence-corrected chi connectivity index (χ4v) is 0.895. The molecule has 0 aliphatic carbocycles. The summed E-state index contributed by atoms with van der Waals surface area (Å²) in [6.45, 7) is 6.74. The summed E-state index contributed by atoms with van der Waals surface area (Å²) in [7, 11) is 0. The first-order valence-corrected chi connectivity index (χ1v) is 4.30. The Morgan fingerprint density at radius 2 is 2.00 bits per heavy atom. The molecule has 0 aliphatic rings. The van der Waals surface area contributed by atoms with Gasteiger partial charge in [-0.3, -0.25) is 0 Å². The van der Waals surface area contributed by atoms with Crippen LogP contribution in [0.3, 0.4) is 0 Å². The molecule has 1 atom stereocenters. The molecule has 0 fully saturated rings. The molecular formula is C11H15O. The summed E-state index contributed by atoms with van der Waals surface area (Å²) >= 11 is 0. The second kappa shape index (κ2) is 4.81. The molecule has 0 aromatic heterocycles. The summed E-state index contributed by atoms with van der Waals surface area (Å²) < 4.78 is 5.48. The van der Waals surface area contributed by atoms with Gasteiger partial charge in [-0.1, -0.05) is 32.0 Å². The van der Waals surface area contributed by atoms with Gasteiger partial charge in [0.15, 0.2) is 0 Å². The van der Waals surface area contributed by atoms with E-state index in [9.17, 15) is 0 Å². The van der Waals surface area contributed by atoms with Crippen LogP contribution >= 0.6 is 0 Å². The lowest BCUT2D eigenvalue weighted by Crippen LogP contribution is -2.01. The van der Waals surface area contributed by atoms with Crippen molar-refractivity contribution < 1.29 is 4.74 Å². The number of benzene rings is 1. The largest absolute Gasteiger partial charge is 0.494 e. The van der Waals surface area contributed by atoms with Gasteiger partial charge in [0.2, 0.25) is 0 Å². The third kappa shape index (κ3) is 3.42. The first-order chi connectivity index (χ1) is 5.79. The van der Waals surface area contributed by atoms with Gasteiger partial charge in [0.25, 0.3) is 0 Å². The van der Waals surface area contributed by atoms with Crippen LogP contribution in [0.25, 0.3) is 0 Å². The average Bonchev–Trinajstić information content (AvgIpc) is 2.05. The molecule has 12 heavy (non-hydrogen) atoms. The number of hydrogen-bond donors (Lipinski definition) is 0. The third-order valence-corrected chi connectivity index (χ3v) is 1.62. The fraction of sp³-hybridized carbons (Fsp3) is 0.364. The molecule has 0 saturated carbocycles. The molecule has 1 rings (SSSR count). The highest BCUT2D eigenvalue weighted by Gasteiger charge is 1.94. The lowest BCUT2D eigenvalue weighted by atomic mass is 10.1. The third-order valence-electron chi connectivity index (χ3n) is 1.62. The normalized spacial score (nSPS) is 10.2. The predicted molar refractivity (Wildman–Crippen MR) is 51.1 cm³/mol. The molecule has 1 aromatic rings. The first kappa shape index (κ1) is 9.11. The summed E-state index contributed by atoms with van der Waals surface area (Å²) in [5, 5.41) is 0. The summed E-state index contributed by atoms with van der Waals surface area (Å²) in [6, 6.07) is 9.87. The van der Waals surface area contributed by atoms with Crippen LogP contribution in [-0.4, -0.2) is 6.61 Å². The second-order valence-corrected chi connectivity index (χ2v) is 3.06. The smallest absolute Gasteiger partial charge is 0.119 e. The van der Waals surface area contributed by atoms with Crippen LogP contribution in [0.4, 0.5) is 0 Å². The molecule has 1 unspecified atom stereocenters. The zero-order valence-electron chi connectivity index (χ0n) is 7.49. The minimum absolute atomic E-state index is 0.466. The fourth-order valence-electron chi connectivity index (χ4n) is 0.895. The van der Waals surface area contributed by atoms with E-state index in [0.29, 0.717) is 5.92 Å². The summed E-state index contributed by atoms with van der Waals surface area (Å²) in [5.41, 5.74) is 0. The molecular weight excluding hydrogens is 148 g/mol. The Bertz CT molecular complexity index is 204. The van der Waals surface area contributed by atoms with Crippen LogP contribution < -0.4 is 4.74 Å². The second-order valence-electron chi connectivity index (χ2n) is 3.06. The van der Waals surface area contributed by atoms with E-state index < -0.39 is 0 Å². The molecule has 65 valence electrons. The summed E-state index contributed by atoms with van der Waals surface area (Å²) in [5.74, 6) is 1.41. The van der Waals surface area contributed by atoms with Crippen LogP contribution in [0.5, 0.6) is 5.75 Å². The van der Waals surface area contributed by atoms with E-state index in [1.807, 2.05) is 30.3 Å². The SMILES string of the molecule is [CH2]C(C)CCOc1ccccc1. The highest BCUT2D eigenvalue weighted by atomic mass is 16.5.